The zero-order valence-corrected chi connectivity index (χ0v) is 20.0. The van der Waals surface area contributed by atoms with Crippen LogP contribution >= 0.6 is 0 Å². The van der Waals surface area contributed by atoms with Crippen LogP contribution in [0.4, 0.5) is 4.79 Å². The summed E-state index contributed by atoms with van der Waals surface area (Å²) in [5.41, 5.74) is 2.41. The third kappa shape index (κ3) is 7.78. The molecule has 1 saturated carbocycles. The van der Waals surface area contributed by atoms with Crippen molar-refractivity contribution in [2.75, 3.05) is 32.7 Å². The highest BCUT2D eigenvalue weighted by Gasteiger charge is 2.28. The van der Waals surface area contributed by atoms with Gasteiger partial charge in [0, 0.05) is 57.3 Å². The molecule has 2 fully saturated rings. The summed E-state index contributed by atoms with van der Waals surface area (Å²) in [7, 11) is 0. The standard InChI is InChI=1S/C25H41N5O2/c1-4-29-12-14-30(15-13-29)18-21-10-8-20(9-11-21)17-26-25(32)28-23-7-5-6-22(16-23)24(31)27-19(2)3/h8-11,19,22-23H,4-7,12-18H2,1-3H3,(H,27,31)(H2,26,28,32). The molecule has 3 N–H and O–H groups in total. The lowest BCUT2D eigenvalue weighted by Gasteiger charge is -2.34. The predicted octanol–water partition coefficient (Wildman–Crippen LogP) is 2.71. The summed E-state index contributed by atoms with van der Waals surface area (Å²) in [5.74, 6) is 0.105. The van der Waals surface area contributed by atoms with Crippen LogP contribution in [-0.2, 0) is 17.9 Å². The van der Waals surface area contributed by atoms with Gasteiger partial charge in [0.25, 0.3) is 0 Å². The van der Waals surface area contributed by atoms with Gasteiger partial charge in [-0.25, -0.2) is 4.79 Å². The van der Waals surface area contributed by atoms with E-state index in [2.05, 4.69) is 56.9 Å². The van der Waals surface area contributed by atoms with E-state index in [4.69, 9.17) is 0 Å². The lowest BCUT2D eigenvalue weighted by molar-refractivity contribution is -0.126. The number of rotatable bonds is 8. The van der Waals surface area contributed by atoms with Crippen LogP contribution < -0.4 is 16.0 Å². The van der Waals surface area contributed by atoms with Crippen molar-refractivity contribution in [2.24, 2.45) is 5.92 Å². The summed E-state index contributed by atoms with van der Waals surface area (Å²) in [5, 5.41) is 9.02. The second-order valence-corrected chi connectivity index (χ2v) is 9.58. The molecular weight excluding hydrogens is 402 g/mol. The van der Waals surface area contributed by atoms with Gasteiger partial charge in [-0.3, -0.25) is 9.69 Å². The van der Waals surface area contributed by atoms with Crippen LogP contribution in [0.15, 0.2) is 24.3 Å². The quantitative estimate of drug-likeness (QED) is 0.577. The molecule has 7 nitrogen and oxygen atoms in total. The van der Waals surface area contributed by atoms with Gasteiger partial charge in [0.05, 0.1) is 0 Å². The molecule has 178 valence electrons. The Bertz CT molecular complexity index is 728. The minimum absolute atomic E-state index is 0.00561. The molecule has 1 aliphatic heterocycles. The highest BCUT2D eigenvalue weighted by atomic mass is 16.2. The zero-order valence-electron chi connectivity index (χ0n) is 20.0. The van der Waals surface area contributed by atoms with Crippen molar-refractivity contribution in [1.82, 2.24) is 25.8 Å². The average Bonchev–Trinajstić information content (AvgIpc) is 2.79. The van der Waals surface area contributed by atoms with E-state index in [1.54, 1.807) is 0 Å². The van der Waals surface area contributed by atoms with Crippen LogP contribution in [0.3, 0.4) is 0 Å². The minimum Gasteiger partial charge on any atom is -0.354 e. The fourth-order valence-corrected chi connectivity index (χ4v) is 4.66. The first-order valence-electron chi connectivity index (χ1n) is 12.3. The number of nitrogens with one attached hydrogen (secondary N) is 3. The maximum Gasteiger partial charge on any atom is 0.315 e. The lowest BCUT2D eigenvalue weighted by atomic mass is 9.85. The average molecular weight is 444 g/mol. The van der Waals surface area contributed by atoms with Crippen LogP contribution in [0.25, 0.3) is 0 Å². The Morgan fingerprint density at radius 2 is 1.66 bits per heavy atom. The van der Waals surface area contributed by atoms with Crippen LogP contribution in [0.1, 0.15) is 57.6 Å². The van der Waals surface area contributed by atoms with E-state index < -0.39 is 0 Å². The predicted molar refractivity (Wildman–Crippen MR) is 128 cm³/mol. The van der Waals surface area contributed by atoms with Crippen LogP contribution in [0, 0.1) is 5.92 Å². The molecule has 0 aromatic heterocycles. The molecule has 2 atom stereocenters. The molecule has 7 heteroatoms. The first-order valence-corrected chi connectivity index (χ1v) is 12.3. The molecule has 1 aliphatic carbocycles. The van der Waals surface area contributed by atoms with E-state index in [1.807, 2.05) is 13.8 Å². The number of carbonyl (C=O) groups excluding carboxylic acids is 2. The SMILES string of the molecule is CCN1CCN(Cc2ccc(CNC(=O)NC3CCCC(C(=O)NC(C)C)C3)cc2)CC1. The topological polar surface area (TPSA) is 76.7 Å². The number of urea groups is 1. The van der Waals surface area contributed by atoms with Crippen molar-refractivity contribution < 1.29 is 9.59 Å². The van der Waals surface area contributed by atoms with Gasteiger partial charge in [0.2, 0.25) is 5.91 Å². The molecule has 0 radical (unpaired) electrons. The Hall–Kier alpha value is -2.12. The van der Waals surface area contributed by atoms with E-state index in [9.17, 15) is 9.59 Å². The molecule has 1 aromatic rings. The fraction of sp³-hybridized carbons (Fsp3) is 0.680. The first-order chi connectivity index (χ1) is 15.4. The van der Waals surface area contributed by atoms with Crippen molar-refractivity contribution in [3.63, 3.8) is 0 Å². The number of piperazine rings is 1. The van der Waals surface area contributed by atoms with Crippen molar-refractivity contribution in [3.05, 3.63) is 35.4 Å². The number of hydrogen-bond acceptors (Lipinski definition) is 4. The summed E-state index contributed by atoms with van der Waals surface area (Å²) in [6, 6.07) is 8.59. The maximum absolute atomic E-state index is 12.4. The largest absolute Gasteiger partial charge is 0.354 e. The molecule has 2 unspecified atom stereocenters. The summed E-state index contributed by atoms with van der Waals surface area (Å²) >= 11 is 0. The molecule has 1 heterocycles. The highest BCUT2D eigenvalue weighted by Crippen LogP contribution is 2.24. The van der Waals surface area contributed by atoms with Crippen molar-refractivity contribution >= 4 is 11.9 Å². The van der Waals surface area contributed by atoms with Gasteiger partial charge >= 0.3 is 6.03 Å². The van der Waals surface area contributed by atoms with Gasteiger partial charge < -0.3 is 20.9 Å². The normalized spacial score (nSPS) is 22.5. The molecule has 1 aromatic carbocycles. The second-order valence-electron chi connectivity index (χ2n) is 9.58. The van der Waals surface area contributed by atoms with Crippen LogP contribution in [-0.4, -0.2) is 66.5 Å². The molecule has 32 heavy (non-hydrogen) atoms. The molecule has 0 spiro atoms. The molecule has 2 aliphatic rings. The number of amides is 3. The highest BCUT2D eigenvalue weighted by molar-refractivity contribution is 5.79. The number of hydrogen-bond donors (Lipinski definition) is 3. The van der Waals surface area contributed by atoms with Gasteiger partial charge in [-0.1, -0.05) is 37.6 Å². The summed E-state index contributed by atoms with van der Waals surface area (Å²) in [6.45, 7) is 13.4. The van der Waals surface area contributed by atoms with Crippen molar-refractivity contribution in [2.45, 2.75) is 71.6 Å². The van der Waals surface area contributed by atoms with E-state index in [1.165, 1.54) is 5.56 Å². The number of benzene rings is 1. The van der Waals surface area contributed by atoms with Gasteiger partial charge in [0.15, 0.2) is 0 Å². The monoisotopic (exact) mass is 443 g/mol. The van der Waals surface area contributed by atoms with Crippen LogP contribution in [0.2, 0.25) is 0 Å². The van der Waals surface area contributed by atoms with Crippen LogP contribution in [0.5, 0.6) is 0 Å². The molecule has 3 rings (SSSR count). The lowest BCUT2D eigenvalue weighted by Crippen LogP contribution is -2.46. The maximum atomic E-state index is 12.4. The Balaban J connectivity index is 1.38. The Morgan fingerprint density at radius 1 is 1.00 bits per heavy atom. The van der Waals surface area contributed by atoms with E-state index in [0.717, 1.165) is 64.1 Å². The van der Waals surface area contributed by atoms with E-state index in [-0.39, 0.29) is 29.9 Å². The van der Waals surface area contributed by atoms with Crippen molar-refractivity contribution in [1.29, 1.82) is 0 Å². The number of nitrogens with zero attached hydrogens (tertiary/aromatic N) is 2. The number of likely N-dealkylation sites (N-methyl/N-ethyl adjacent to an activating group) is 1. The summed E-state index contributed by atoms with van der Waals surface area (Å²) in [6.07, 6.45) is 3.52. The summed E-state index contributed by atoms with van der Waals surface area (Å²) in [4.78, 5) is 29.7. The molecule has 0 bridgehead atoms. The summed E-state index contributed by atoms with van der Waals surface area (Å²) < 4.78 is 0. The Labute approximate surface area is 193 Å². The smallest absolute Gasteiger partial charge is 0.315 e. The molecule has 3 amide bonds. The fourth-order valence-electron chi connectivity index (χ4n) is 4.66. The van der Waals surface area contributed by atoms with Gasteiger partial charge in [-0.05, 0) is 50.8 Å². The van der Waals surface area contributed by atoms with E-state index >= 15 is 0 Å². The van der Waals surface area contributed by atoms with Gasteiger partial charge in [-0.15, -0.1) is 0 Å². The Morgan fingerprint density at radius 3 is 2.31 bits per heavy atom. The van der Waals surface area contributed by atoms with E-state index in [0.29, 0.717) is 13.0 Å². The Kier molecular flexibility index (Phi) is 9.36. The second kappa shape index (κ2) is 12.2. The minimum atomic E-state index is -0.155. The zero-order chi connectivity index (χ0) is 22.9. The molecule has 1 saturated heterocycles. The van der Waals surface area contributed by atoms with Gasteiger partial charge in [-0.2, -0.15) is 0 Å². The van der Waals surface area contributed by atoms with Gasteiger partial charge in [0.1, 0.15) is 0 Å². The number of carbonyl (C=O) groups is 2. The van der Waals surface area contributed by atoms with Crippen molar-refractivity contribution in [3.8, 4) is 0 Å². The molecular formula is C25H41N5O2. The first kappa shape index (κ1) is 24.5. The third-order valence-corrected chi connectivity index (χ3v) is 6.61. The third-order valence-electron chi connectivity index (χ3n) is 6.61.